The SMILES string of the molecule is CC(NC(=O)c1cncc2cccnc12)c1cc2cccc(Cl)c2c(=O)n1-c1ccccc1. The molecule has 3 heterocycles. The quantitative estimate of drug-likeness (QED) is 0.411. The van der Waals surface area contributed by atoms with Crippen LogP contribution in [-0.4, -0.2) is 20.4 Å². The first kappa shape index (κ1) is 20.8. The molecule has 7 heteroatoms. The van der Waals surface area contributed by atoms with Gasteiger partial charge in [0.15, 0.2) is 0 Å². The maximum absolute atomic E-state index is 13.6. The number of aromatic nitrogens is 3. The number of carbonyl (C=O) groups is 1. The Bertz CT molecular complexity index is 1560. The maximum atomic E-state index is 13.6. The fraction of sp³-hybridized carbons (Fsp3) is 0.0769. The number of benzene rings is 2. The fourth-order valence-corrected chi connectivity index (χ4v) is 4.28. The molecule has 162 valence electrons. The molecule has 0 fully saturated rings. The highest BCUT2D eigenvalue weighted by molar-refractivity contribution is 6.35. The molecule has 3 aromatic heterocycles. The van der Waals surface area contributed by atoms with Gasteiger partial charge in [0.25, 0.3) is 11.5 Å². The van der Waals surface area contributed by atoms with E-state index >= 15 is 0 Å². The predicted octanol–water partition coefficient (Wildman–Crippen LogP) is 5.08. The van der Waals surface area contributed by atoms with Crippen LogP contribution in [0.3, 0.4) is 0 Å². The molecule has 6 nitrogen and oxygen atoms in total. The third-order valence-electron chi connectivity index (χ3n) is 5.59. The minimum atomic E-state index is -0.493. The Labute approximate surface area is 194 Å². The summed E-state index contributed by atoms with van der Waals surface area (Å²) in [5, 5.41) is 5.32. The lowest BCUT2D eigenvalue weighted by Crippen LogP contribution is -2.32. The van der Waals surface area contributed by atoms with Gasteiger partial charge < -0.3 is 5.32 Å². The first-order valence-electron chi connectivity index (χ1n) is 10.4. The van der Waals surface area contributed by atoms with E-state index in [1.54, 1.807) is 35.2 Å². The molecule has 1 amide bonds. The molecule has 33 heavy (non-hydrogen) atoms. The fourth-order valence-electron chi connectivity index (χ4n) is 4.02. The van der Waals surface area contributed by atoms with Crippen LogP contribution >= 0.6 is 11.6 Å². The number of hydrogen-bond donors (Lipinski definition) is 1. The molecule has 0 saturated heterocycles. The van der Waals surface area contributed by atoms with E-state index < -0.39 is 6.04 Å². The van der Waals surface area contributed by atoms with Crippen molar-refractivity contribution in [2.45, 2.75) is 13.0 Å². The normalized spacial score (nSPS) is 12.1. The molecule has 1 atom stereocenters. The molecule has 0 bridgehead atoms. The Morgan fingerprint density at radius 1 is 1.00 bits per heavy atom. The van der Waals surface area contributed by atoms with Crippen LogP contribution in [0.5, 0.6) is 0 Å². The summed E-state index contributed by atoms with van der Waals surface area (Å²) in [6, 6.07) is 19.7. The standard InChI is InChI=1S/C26H19ClN4O2/c1-16(30-25(32)20-15-28-14-18-8-6-12-29-24(18)20)22-13-17-7-5-11-21(27)23(17)26(33)31(22)19-9-3-2-4-10-19/h2-16H,1H3,(H,30,32). The minimum absolute atomic E-state index is 0.242. The molecule has 5 aromatic rings. The lowest BCUT2D eigenvalue weighted by Gasteiger charge is -2.21. The summed E-state index contributed by atoms with van der Waals surface area (Å²) >= 11 is 6.38. The van der Waals surface area contributed by atoms with Gasteiger partial charge in [-0.15, -0.1) is 0 Å². The predicted molar refractivity (Wildman–Crippen MR) is 130 cm³/mol. The van der Waals surface area contributed by atoms with Gasteiger partial charge in [0.05, 0.1) is 27.5 Å². The molecule has 5 rings (SSSR count). The first-order valence-corrected chi connectivity index (χ1v) is 10.8. The average molecular weight is 455 g/mol. The zero-order valence-corrected chi connectivity index (χ0v) is 18.5. The van der Waals surface area contributed by atoms with Crippen molar-refractivity contribution < 1.29 is 4.79 Å². The number of hydrogen-bond acceptors (Lipinski definition) is 4. The zero-order valence-electron chi connectivity index (χ0n) is 17.7. The molecule has 0 aliphatic rings. The van der Waals surface area contributed by atoms with Crippen molar-refractivity contribution in [1.82, 2.24) is 19.9 Å². The summed E-state index contributed by atoms with van der Waals surface area (Å²) in [6.07, 6.45) is 4.81. The lowest BCUT2D eigenvalue weighted by atomic mass is 10.1. The van der Waals surface area contributed by atoms with Crippen LogP contribution in [0, 0.1) is 0 Å². The molecular formula is C26H19ClN4O2. The van der Waals surface area contributed by atoms with Crippen LogP contribution in [0.4, 0.5) is 0 Å². The van der Waals surface area contributed by atoms with E-state index in [1.165, 1.54) is 6.20 Å². The monoisotopic (exact) mass is 454 g/mol. The largest absolute Gasteiger partial charge is 0.344 e. The smallest absolute Gasteiger partial charge is 0.264 e. The number of amides is 1. The second-order valence-electron chi connectivity index (χ2n) is 7.71. The van der Waals surface area contributed by atoms with Gasteiger partial charge in [-0.25, -0.2) is 0 Å². The van der Waals surface area contributed by atoms with Crippen LogP contribution in [0.2, 0.25) is 5.02 Å². The number of fused-ring (bicyclic) bond motifs is 2. The Morgan fingerprint density at radius 3 is 2.61 bits per heavy atom. The third-order valence-corrected chi connectivity index (χ3v) is 5.90. The number of pyridine rings is 3. The summed E-state index contributed by atoms with van der Waals surface area (Å²) in [5.41, 5.74) is 2.03. The molecule has 1 N–H and O–H groups in total. The van der Waals surface area contributed by atoms with E-state index in [0.717, 1.165) is 5.39 Å². The van der Waals surface area contributed by atoms with E-state index in [0.29, 0.717) is 38.3 Å². The molecular weight excluding hydrogens is 436 g/mol. The molecule has 0 aliphatic heterocycles. The Morgan fingerprint density at radius 2 is 1.79 bits per heavy atom. The second kappa shape index (κ2) is 8.48. The Balaban J connectivity index is 1.63. The topological polar surface area (TPSA) is 76.9 Å². The molecule has 0 spiro atoms. The van der Waals surface area contributed by atoms with Crippen LogP contribution in [0.15, 0.2) is 90.1 Å². The van der Waals surface area contributed by atoms with Gasteiger partial charge in [0.2, 0.25) is 0 Å². The third kappa shape index (κ3) is 3.75. The van der Waals surface area contributed by atoms with Crippen molar-refractivity contribution in [3.63, 3.8) is 0 Å². The molecule has 0 radical (unpaired) electrons. The van der Waals surface area contributed by atoms with E-state index in [2.05, 4.69) is 15.3 Å². The summed E-state index contributed by atoms with van der Waals surface area (Å²) in [5.74, 6) is -0.322. The van der Waals surface area contributed by atoms with Gasteiger partial charge in [0, 0.05) is 35.4 Å². The van der Waals surface area contributed by atoms with Gasteiger partial charge in [-0.3, -0.25) is 24.1 Å². The van der Waals surface area contributed by atoms with E-state index in [9.17, 15) is 9.59 Å². The summed E-state index contributed by atoms with van der Waals surface area (Å²) < 4.78 is 1.60. The van der Waals surface area contributed by atoms with Crippen molar-refractivity contribution in [2.75, 3.05) is 0 Å². The van der Waals surface area contributed by atoms with Crippen LogP contribution in [0.1, 0.15) is 29.0 Å². The molecule has 0 aliphatic carbocycles. The van der Waals surface area contributed by atoms with Crippen LogP contribution in [-0.2, 0) is 0 Å². The summed E-state index contributed by atoms with van der Waals surface area (Å²) in [6.45, 7) is 1.84. The highest BCUT2D eigenvalue weighted by Gasteiger charge is 2.21. The molecule has 2 aromatic carbocycles. The van der Waals surface area contributed by atoms with Gasteiger partial charge in [-0.2, -0.15) is 0 Å². The van der Waals surface area contributed by atoms with Crippen molar-refractivity contribution in [3.05, 3.63) is 112 Å². The lowest BCUT2D eigenvalue weighted by molar-refractivity contribution is 0.0940. The maximum Gasteiger partial charge on any atom is 0.264 e. The molecule has 0 saturated carbocycles. The number of rotatable bonds is 4. The average Bonchev–Trinajstić information content (AvgIpc) is 2.84. The van der Waals surface area contributed by atoms with Crippen molar-refractivity contribution in [2.24, 2.45) is 0 Å². The number of nitrogens with one attached hydrogen (secondary N) is 1. The van der Waals surface area contributed by atoms with Gasteiger partial charge in [-0.05, 0) is 48.7 Å². The Kier molecular flexibility index (Phi) is 5.36. The Hall–Kier alpha value is -4.03. The highest BCUT2D eigenvalue weighted by Crippen LogP contribution is 2.26. The van der Waals surface area contributed by atoms with Crippen LogP contribution < -0.4 is 10.9 Å². The first-order chi connectivity index (χ1) is 16.0. The number of carbonyl (C=O) groups excluding carboxylic acids is 1. The molecule has 1 unspecified atom stereocenters. The van der Waals surface area contributed by atoms with Gasteiger partial charge >= 0.3 is 0 Å². The van der Waals surface area contributed by atoms with Crippen LogP contribution in [0.25, 0.3) is 27.4 Å². The van der Waals surface area contributed by atoms with Crippen molar-refractivity contribution in [3.8, 4) is 5.69 Å². The zero-order chi connectivity index (χ0) is 22.9. The van der Waals surface area contributed by atoms with Gasteiger partial charge in [-0.1, -0.05) is 41.9 Å². The number of para-hydroxylation sites is 1. The second-order valence-corrected chi connectivity index (χ2v) is 8.11. The summed E-state index contributed by atoms with van der Waals surface area (Å²) in [4.78, 5) is 35.3. The van der Waals surface area contributed by atoms with Gasteiger partial charge in [0.1, 0.15) is 0 Å². The van der Waals surface area contributed by atoms with Crippen molar-refractivity contribution in [1.29, 1.82) is 0 Å². The minimum Gasteiger partial charge on any atom is -0.344 e. The van der Waals surface area contributed by atoms with E-state index in [1.807, 2.05) is 55.5 Å². The van der Waals surface area contributed by atoms with E-state index in [-0.39, 0.29) is 11.5 Å². The van der Waals surface area contributed by atoms with E-state index in [4.69, 9.17) is 11.6 Å². The van der Waals surface area contributed by atoms with Crippen molar-refractivity contribution >= 4 is 39.2 Å². The summed E-state index contributed by atoms with van der Waals surface area (Å²) in [7, 11) is 0. The number of halogens is 1. The highest BCUT2D eigenvalue weighted by atomic mass is 35.5. The number of nitrogens with zero attached hydrogens (tertiary/aromatic N) is 3.